The van der Waals surface area contributed by atoms with Crippen LogP contribution in [-0.4, -0.2) is 59.3 Å². The lowest BCUT2D eigenvalue weighted by Gasteiger charge is -2.32. The molecule has 1 aromatic carbocycles. The molecule has 8 heteroatoms. The highest BCUT2D eigenvalue weighted by atomic mass is 16.6. The summed E-state index contributed by atoms with van der Waals surface area (Å²) in [6.07, 6.45) is 1.92. The molecule has 2 fully saturated rings. The molecule has 2 saturated heterocycles. The molecular weight excluding hydrogens is 390 g/mol. The molecule has 1 amide bonds. The van der Waals surface area contributed by atoms with E-state index in [-0.39, 0.29) is 23.0 Å². The lowest BCUT2D eigenvalue weighted by molar-refractivity contribution is -0.160. The SMILES string of the molecule is CC/C=C\[C@H]1O[C@H]1C1=C(C)C(=O)[C@@]2(O1)C(=O)N[C@@](OC)(C(=O)c1ccccc1)[C@@H]2O. The first-order valence-corrected chi connectivity index (χ1v) is 9.75. The zero-order valence-corrected chi connectivity index (χ0v) is 16.9. The van der Waals surface area contributed by atoms with E-state index in [9.17, 15) is 19.5 Å². The van der Waals surface area contributed by atoms with Crippen molar-refractivity contribution in [1.82, 2.24) is 5.32 Å². The van der Waals surface area contributed by atoms with E-state index < -0.39 is 41.0 Å². The Morgan fingerprint density at radius 2 is 2.00 bits per heavy atom. The van der Waals surface area contributed by atoms with Gasteiger partial charge in [0.2, 0.25) is 17.3 Å². The number of allylic oxidation sites excluding steroid dienone is 1. The van der Waals surface area contributed by atoms with E-state index in [1.807, 2.05) is 19.1 Å². The fourth-order valence-electron chi connectivity index (χ4n) is 4.02. The molecular formula is C22H23NO7. The highest BCUT2D eigenvalue weighted by Gasteiger charge is 2.74. The van der Waals surface area contributed by atoms with Crippen LogP contribution in [0.2, 0.25) is 0 Å². The van der Waals surface area contributed by atoms with E-state index in [1.54, 1.807) is 18.2 Å². The normalized spacial score (nSPS) is 35.3. The summed E-state index contributed by atoms with van der Waals surface area (Å²) in [5.41, 5.74) is -4.07. The summed E-state index contributed by atoms with van der Waals surface area (Å²) in [5, 5.41) is 13.5. The molecule has 0 saturated carbocycles. The summed E-state index contributed by atoms with van der Waals surface area (Å²) in [6.45, 7) is 3.50. The van der Waals surface area contributed by atoms with Crippen molar-refractivity contribution in [2.24, 2.45) is 0 Å². The molecule has 5 atom stereocenters. The van der Waals surface area contributed by atoms with E-state index in [0.717, 1.165) is 6.42 Å². The number of amides is 1. The van der Waals surface area contributed by atoms with E-state index in [0.29, 0.717) is 0 Å². The largest absolute Gasteiger partial charge is 0.467 e. The summed E-state index contributed by atoms with van der Waals surface area (Å²) in [6, 6.07) is 8.07. The minimum atomic E-state index is -2.30. The number of ketones is 2. The van der Waals surface area contributed by atoms with Gasteiger partial charge in [0, 0.05) is 18.2 Å². The van der Waals surface area contributed by atoms with Crippen LogP contribution in [0.3, 0.4) is 0 Å². The predicted octanol–water partition coefficient (Wildman–Crippen LogP) is 1.05. The number of hydrogen-bond acceptors (Lipinski definition) is 7. The number of carbonyl (C=O) groups is 3. The second-order valence-corrected chi connectivity index (χ2v) is 7.51. The molecule has 0 aromatic heterocycles. The monoisotopic (exact) mass is 413 g/mol. The number of aliphatic hydroxyl groups excluding tert-OH is 1. The number of methoxy groups -OCH3 is 1. The molecule has 0 radical (unpaired) electrons. The highest BCUT2D eigenvalue weighted by molar-refractivity contribution is 6.23. The molecule has 8 nitrogen and oxygen atoms in total. The van der Waals surface area contributed by atoms with Crippen molar-refractivity contribution in [1.29, 1.82) is 0 Å². The van der Waals surface area contributed by atoms with E-state index in [1.165, 1.54) is 26.2 Å². The van der Waals surface area contributed by atoms with Gasteiger partial charge in [0.25, 0.3) is 11.5 Å². The molecule has 4 rings (SSSR count). The van der Waals surface area contributed by atoms with Crippen molar-refractivity contribution in [3.63, 3.8) is 0 Å². The van der Waals surface area contributed by atoms with Crippen LogP contribution < -0.4 is 5.32 Å². The summed E-state index contributed by atoms with van der Waals surface area (Å²) < 4.78 is 16.7. The van der Waals surface area contributed by atoms with Crippen molar-refractivity contribution >= 4 is 17.5 Å². The number of rotatable bonds is 6. The molecule has 0 bridgehead atoms. The molecule has 3 aliphatic rings. The van der Waals surface area contributed by atoms with Gasteiger partial charge in [-0.1, -0.05) is 49.4 Å². The molecule has 3 aliphatic heterocycles. The van der Waals surface area contributed by atoms with E-state index in [2.05, 4.69) is 5.32 Å². The first-order valence-electron chi connectivity index (χ1n) is 9.75. The Labute approximate surface area is 173 Å². The van der Waals surface area contributed by atoms with Crippen molar-refractivity contribution in [3.8, 4) is 0 Å². The zero-order chi connectivity index (χ0) is 21.7. The van der Waals surface area contributed by atoms with Gasteiger partial charge in [0.1, 0.15) is 18.0 Å². The third kappa shape index (κ3) is 2.68. The minimum absolute atomic E-state index is 0.181. The highest BCUT2D eigenvalue weighted by Crippen LogP contribution is 2.47. The maximum Gasteiger partial charge on any atom is 0.278 e. The molecule has 1 spiro atoms. The van der Waals surface area contributed by atoms with Crippen LogP contribution in [0.15, 0.2) is 53.8 Å². The molecule has 158 valence electrons. The second-order valence-electron chi connectivity index (χ2n) is 7.51. The van der Waals surface area contributed by atoms with E-state index in [4.69, 9.17) is 14.2 Å². The van der Waals surface area contributed by atoms with Gasteiger partial charge in [-0.3, -0.25) is 14.4 Å². The Hall–Kier alpha value is -2.81. The lowest BCUT2D eigenvalue weighted by Crippen LogP contribution is -2.60. The number of aliphatic hydroxyl groups is 1. The molecule has 0 aliphatic carbocycles. The third-order valence-corrected chi connectivity index (χ3v) is 5.77. The number of epoxide rings is 1. The van der Waals surface area contributed by atoms with Crippen LogP contribution in [0.4, 0.5) is 0 Å². The summed E-state index contributed by atoms with van der Waals surface area (Å²) in [7, 11) is 1.18. The standard InChI is InChI=1S/C22H23NO7/c1-4-5-11-14-16(29-14)15-12(2)17(24)21(30-15)19(26)22(28-3,23-20(21)27)18(25)13-9-7-6-8-10-13/h5-11,14,16,19,26H,4H2,1-3H3,(H,23,27)/b11-5-/t14-,16-,19-,21+,22-/m1/s1. The van der Waals surface area contributed by atoms with Crippen LogP contribution in [-0.2, 0) is 23.8 Å². The van der Waals surface area contributed by atoms with Gasteiger partial charge in [-0.15, -0.1) is 0 Å². The summed E-state index contributed by atoms with van der Waals surface area (Å²) in [4.78, 5) is 39.3. The molecule has 2 N–H and O–H groups in total. The number of ether oxygens (including phenoxy) is 3. The maximum absolute atomic E-state index is 13.2. The fourth-order valence-corrected chi connectivity index (χ4v) is 4.02. The van der Waals surface area contributed by atoms with Gasteiger partial charge in [0.15, 0.2) is 6.10 Å². The van der Waals surface area contributed by atoms with Crippen LogP contribution in [0.5, 0.6) is 0 Å². The van der Waals surface area contributed by atoms with Gasteiger partial charge in [0.05, 0.1) is 0 Å². The van der Waals surface area contributed by atoms with Gasteiger partial charge in [-0.05, 0) is 13.3 Å². The lowest BCUT2D eigenvalue weighted by atomic mass is 9.85. The van der Waals surface area contributed by atoms with Crippen LogP contribution in [0.25, 0.3) is 0 Å². The van der Waals surface area contributed by atoms with Crippen LogP contribution >= 0.6 is 0 Å². The Kier molecular flexibility index (Phi) is 4.88. The number of benzene rings is 1. The smallest absolute Gasteiger partial charge is 0.278 e. The second kappa shape index (κ2) is 7.16. The number of Topliss-reactive ketones (excluding diaryl/α,β-unsaturated/α-hetero) is 2. The van der Waals surface area contributed by atoms with Crippen molar-refractivity contribution < 1.29 is 33.7 Å². The topological polar surface area (TPSA) is 114 Å². The number of nitrogens with one attached hydrogen (secondary N) is 1. The summed E-state index contributed by atoms with van der Waals surface area (Å²) in [5.74, 6) is -2.13. The Bertz CT molecular complexity index is 969. The first kappa shape index (κ1) is 20.5. The summed E-state index contributed by atoms with van der Waals surface area (Å²) >= 11 is 0. The molecule has 1 aromatic rings. The Balaban J connectivity index is 1.67. The van der Waals surface area contributed by atoms with Crippen molar-refractivity contribution in [2.75, 3.05) is 7.11 Å². The van der Waals surface area contributed by atoms with Crippen molar-refractivity contribution in [2.45, 2.75) is 49.9 Å². The number of carbonyl (C=O) groups excluding carboxylic acids is 3. The average Bonchev–Trinajstić information content (AvgIpc) is 3.44. The van der Waals surface area contributed by atoms with Gasteiger partial charge >= 0.3 is 0 Å². The van der Waals surface area contributed by atoms with Crippen molar-refractivity contribution in [3.05, 3.63) is 59.4 Å². The third-order valence-electron chi connectivity index (χ3n) is 5.77. The van der Waals surface area contributed by atoms with Crippen LogP contribution in [0, 0.1) is 0 Å². The fraction of sp³-hybridized carbons (Fsp3) is 0.409. The maximum atomic E-state index is 13.2. The Morgan fingerprint density at radius 3 is 2.63 bits per heavy atom. The number of hydrogen-bond donors (Lipinski definition) is 2. The first-order chi connectivity index (χ1) is 14.3. The average molecular weight is 413 g/mol. The zero-order valence-electron chi connectivity index (χ0n) is 16.9. The molecule has 0 unspecified atom stereocenters. The quantitative estimate of drug-likeness (QED) is 0.310. The Morgan fingerprint density at radius 1 is 1.30 bits per heavy atom. The predicted molar refractivity (Wildman–Crippen MR) is 104 cm³/mol. The van der Waals surface area contributed by atoms with Crippen LogP contribution in [0.1, 0.15) is 30.6 Å². The van der Waals surface area contributed by atoms with Gasteiger partial charge < -0.3 is 24.6 Å². The molecule has 30 heavy (non-hydrogen) atoms. The van der Waals surface area contributed by atoms with Gasteiger partial charge in [-0.25, -0.2) is 0 Å². The minimum Gasteiger partial charge on any atom is -0.467 e. The molecule has 3 heterocycles. The van der Waals surface area contributed by atoms with E-state index >= 15 is 0 Å². The van der Waals surface area contributed by atoms with Gasteiger partial charge in [-0.2, -0.15) is 0 Å².